The normalized spacial score (nSPS) is 39.3. The zero-order valence-electron chi connectivity index (χ0n) is 11.6. The van der Waals surface area contributed by atoms with Crippen molar-refractivity contribution in [3.05, 3.63) is 24.3 Å². The third-order valence-electron chi connectivity index (χ3n) is 5.65. The summed E-state index contributed by atoms with van der Waals surface area (Å²) in [6, 6.07) is 9.14. The van der Waals surface area contributed by atoms with Gasteiger partial charge in [0, 0.05) is 11.7 Å². The maximum atomic E-state index is 5.23. The van der Waals surface area contributed by atoms with Crippen LogP contribution in [0.3, 0.4) is 0 Å². The first-order valence-corrected chi connectivity index (χ1v) is 7.72. The van der Waals surface area contributed by atoms with Crippen LogP contribution in [0.5, 0.6) is 5.75 Å². The van der Waals surface area contributed by atoms with E-state index in [4.69, 9.17) is 4.74 Å². The highest BCUT2D eigenvalue weighted by atomic mass is 16.5. The van der Waals surface area contributed by atoms with Crippen molar-refractivity contribution in [2.75, 3.05) is 12.4 Å². The van der Waals surface area contributed by atoms with Gasteiger partial charge < -0.3 is 10.1 Å². The average Bonchev–Trinajstić information content (AvgIpc) is 2.43. The quantitative estimate of drug-likeness (QED) is 0.885. The lowest BCUT2D eigenvalue weighted by molar-refractivity contribution is 0.00754. The van der Waals surface area contributed by atoms with Crippen molar-refractivity contribution in [1.29, 1.82) is 0 Å². The van der Waals surface area contributed by atoms with Crippen LogP contribution < -0.4 is 10.1 Å². The van der Waals surface area contributed by atoms with Crippen molar-refractivity contribution in [3.63, 3.8) is 0 Å². The maximum Gasteiger partial charge on any atom is 0.119 e. The minimum atomic E-state index is 0.723. The van der Waals surface area contributed by atoms with E-state index in [0.717, 1.165) is 35.5 Å². The lowest BCUT2D eigenvalue weighted by Crippen LogP contribution is -2.51. The summed E-state index contributed by atoms with van der Waals surface area (Å²) >= 11 is 0. The Morgan fingerprint density at radius 3 is 2.00 bits per heavy atom. The van der Waals surface area contributed by atoms with Crippen molar-refractivity contribution < 1.29 is 4.74 Å². The van der Waals surface area contributed by atoms with Crippen LogP contribution >= 0.6 is 0 Å². The Labute approximate surface area is 115 Å². The van der Waals surface area contributed by atoms with Gasteiger partial charge in [0.1, 0.15) is 5.75 Å². The van der Waals surface area contributed by atoms with Gasteiger partial charge in [0.05, 0.1) is 7.11 Å². The highest BCUT2D eigenvalue weighted by Gasteiger charge is 2.48. The molecule has 0 atom stereocenters. The van der Waals surface area contributed by atoms with Crippen LogP contribution in [0, 0.1) is 23.7 Å². The molecule has 0 aliphatic heterocycles. The molecule has 2 nitrogen and oxygen atoms in total. The highest BCUT2D eigenvalue weighted by molar-refractivity contribution is 5.47. The third-order valence-corrected chi connectivity index (χ3v) is 5.65. The van der Waals surface area contributed by atoms with Gasteiger partial charge in [0.15, 0.2) is 0 Å². The number of ether oxygens (including phenoxy) is 1. The van der Waals surface area contributed by atoms with Gasteiger partial charge in [0.25, 0.3) is 0 Å². The molecule has 4 aliphatic rings. The minimum Gasteiger partial charge on any atom is -0.497 e. The van der Waals surface area contributed by atoms with Crippen LogP contribution in [0.1, 0.15) is 32.1 Å². The van der Waals surface area contributed by atoms with Crippen molar-refractivity contribution >= 4 is 5.69 Å². The smallest absolute Gasteiger partial charge is 0.119 e. The predicted molar refractivity (Wildman–Crippen MR) is 77.4 cm³/mol. The second-order valence-electron chi connectivity index (χ2n) is 6.83. The second kappa shape index (κ2) is 4.43. The highest BCUT2D eigenvalue weighted by Crippen LogP contribution is 2.54. The van der Waals surface area contributed by atoms with Crippen LogP contribution in [0.2, 0.25) is 0 Å². The lowest BCUT2D eigenvalue weighted by atomic mass is 9.54. The molecule has 0 spiro atoms. The van der Waals surface area contributed by atoms with E-state index in [1.807, 2.05) is 0 Å². The SMILES string of the molecule is COc1ccc(NC2C3CC4CC(C3)CC2C4)cc1. The van der Waals surface area contributed by atoms with Crippen molar-refractivity contribution in [1.82, 2.24) is 0 Å². The number of hydrogen-bond acceptors (Lipinski definition) is 2. The van der Waals surface area contributed by atoms with Crippen LogP contribution in [-0.4, -0.2) is 13.2 Å². The summed E-state index contributed by atoms with van der Waals surface area (Å²) in [7, 11) is 1.72. The molecule has 102 valence electrons. The number of rotatable bonds is 3. The van der Waals surface area contributed by atoms with E-state index in [-0.39, 0.29) is 0 Å². The Morgan fingerprint density at radius 2 is 1.47 bits per heavy atom. The lowest BCUT2D eigenvalue weighted by Gasteiger charge is -2.54. The molecule has 0 saturated heterocycles. The molecule has 5 rings (SSSR count). The van der Waals surface area contributed by atoms with E-state index in [9.17, 15) is 0 Å². The fraction of sp³-hybridized carbons (Fsp3) is 0.647. The van der Waals surface area contributed by atoms with E-state index in [1.54, 1.807) is 7.11 Å². The zero-order valence-corrected chi connectivity index (χ0v) is 11.6. The largest absolute Gasteiger partial charge is 0.497 e. The van der Waals surface area contributed by atoms with Gasteiger partial charge in [-0.3, -0.25) is 0 Å². The second-order valence-corrected chi connectivity index (χ2v) is 6.83. The summed E-state index contributed by atoms with van der Waals surface area (Å²) in [4.78, 5) is 0. The molecule has 4 bridgehead atoms. The van der Waals surface area contributed by atoms with Crippen LogP contribution in [-0.2, 0) is 0 Å². The third kappa shape index (κ3) is 2.01. The van der Waals surface area contributed by atoms with Crippen LogP contribution in [0.25, 0.3) is 0 Å². The van der Waals surface area contributed by atoms with E-state index in [2.05, 4.69) is 29.6 Å². The molecule has 0 amide bonds. The maximum absolute atomic E-state index is 5.23. The first-order valence-electron chi connectivity index (χ1n) is 7.72. The number of nitrogens with one attached hydrogen (secondary N) is 1. The van der Waals surface area contributed by atoms with Gasteiger partial charge in [-0.05, 0) is 80.0 Å². The standard InChI is InChI=1S/C17H23NO/c1-19-16-4-2-15(3-5-16)18-17-13-7-11-6-12(9-13)10-14(17)8-11/h2-5,11-14,17-18H,6-10H2,1H3. The number of benzene rings is 1. The molecule has 4 aliphatic carbocycles. The molecule has 1 N–H and O–H groups in total. The van der Waals surface area contributed by atoms with Gasteiger partial charge in [-0.1, -0.05) is 0 Å². The fourth-order valence-electron chi connectivity index (χ4n) is 5.04. The van der Waals surface area contributed by atoms with Gasteiger partial charge in [-0.2, -0.15) is 0 Å². The Balaban J connectivity index is 1.50. The van der Waals surface area contributed by atoms with Crippen molar-refractivity contribution in [2.45, 2.75) is 38.1 Å². The summed E-state index contributed by atoms with van der Waals surface area (Å²) in [5.41, 5.74) is 1.26. The topological polar surface area (TPSA) is 21.3 Å². The Kier molecular flexibility index (Phi) is 2.71. The molecule has 4 saturated carbocycles. The van der Waals surface area contributed by atoms with Crippen LogP contribution in [0.15, 0.2) is 24.3 Å². The molecule has 0 aromatic heterocycles. The van der Waals surface area contributed by atoms with E-state index in [0.29, 0.717) is 0 Å². The summed E-state index contributed by atoms with van der Waals surface area (Å²) in [5, 5.41) is 3.82. The number of anilines is 1. The van der Waals surface area contributed by atoms with Gasteiger partial charge in [-0.15, -0.1) is 0 Å². The van der Waals surface area contributed by atoms with Crippen LogP contribution in [0.4, 0.5) is 5.69 Å². The number of hydrogen-bond donors (Lipinski definition) is 1. The van der Waals surface area contributed by atoms with Crippen molar-refractivity contribution in [3.8, 4) is 5.75 Å². The zero-order chi connectivity index (χ0) is 12.8. The van der Waals surface area contributed by atoms with E-state index in [1.165, 1.54) is 37.8 Å². The summed E-state index contributed by atoms with van der Waals surface area (Å²) in [6.07, 6.45) is 7.42. The molecule has 0 heterocycles. The van der Waals surface area contributed by atoms with Crippen molar-refractivity contribution in [2.24, 2.45) is 23.7 Å². The monoisotopic (exact) mass is 257 g/mol. The Hall–Kier alpha value is -1.18. The molecule has 1 aromatic rings. The Morgan fingerprint density at radius 1 is 0.895 bits per heavy atom. The van der Waals surface area contributed by atoms with E-state index < -0.39 is 0 Å². The summed E-state index contributed by atoms with van der Waals surface area (Å²) in [5.74, 6) is 4.90. The molecular weight excluding hydrogens is 234 g/mol. The fourth-order valence-corrected chi connectivity index (χ4v) is 5.04. The molecule has 0 radical (unpaired) electrons. The molecular formula is C17H23NO. The van der Waals surface area contributed by atoms with Gasteiger partial charge in [-0.25, -0.2) is 0 Å². The Bertz CT molecular complexity index is 425. The summed E-state index contributed by atoms with van der Waals surface area (Å²) in [6.45, 7) is 0. The van der Waals surface area contributed by atoms with Gasteiger partial charge in [0.2, 0.25) is 0 Å². The first-order chi connectivity index (χ1) is 9.31. The minimum absolute atomic E-state index is 0.723. The predicted octanol–water partition coefficient (Wildman–Crippen LogP) is 3.93. The average molecular weight is 257 g/mol. The number of methoxy groups -OCH3 is 1. The molecule has 2 heteroatoms. The van der Waals surface area contributed by atoms with Gasteiger partial charge >= 0.3 is 0 Å². The van der Waals surface area contributed by atoms with E-state index >= 15 is 0 Å². The molecule has 0 unspecified atom stereocenters. The molecule has 19 heavy (non-hydrogen) atoms. The summed E-state index contributed by atoms with van der Waals surface area (Å²) < 4.78 is 5.23. The molecule has 4 fully saturated rings. The molecule has 1 aromatic carbocycles. The first kappa shape index (κ1) is 11.6.